The molecule has 0 saturated carbocycles. The molecule has 4 amide bonds. The Morgan fingerprint density at radius 1 is 0.849 bits per heavy atom. The molecule has 21 heteroatoms. The van der Waals surface area contributed by atoms with Crippen LogP contribution in [-0.4, -0.2) is 75.8 Å². The third-order valence-corrected chi connectivity index (χ3v) is 12.1. The molecule has 6 rings (SSSR count). The number of nitrogens with two attached hydrogens (primary N) is 1. The van der Waals surface area contributed by atoms with Gasteiger partial charge in [0.25, 0.3) is 5.69 Å². The number of carboxylic acid groups (broad SMARTS) is 1. The molecule has 73 heavy (non-hydrogen) atoms. The summed E-state index contributed by atoms with van der Waals surface area (Å²) in [5.41, 5.74) is 6.12. The highest BCUT2D eigenvalue weighted by Crippen LogP contribution is 2.46. The molecule has 0 spiro atoms. The van der Waals surface area contributed by atoms with Crippen LogP contribution in [0.5, 0.6) is 28.7 Å². The van der Waals surface area contributed by atoms with E-state index < -0.39 is 75.3 Å². The number of ether oxygens (including phenoxy) is 3. The molecule has 4 bridgehead atoms. The third kappa shape index (κ3) is 17.4. The maximum atomic E-state index is 14.9. The highest BCUT2D eigenvalue weighted by molar-refractivity contribution is 5.94. The van der Waals surface area contributed by atoms with Crippen molar-refractivity contribution in [2.45, 2.75) is 134 Å². The first-order valence-corrected chi connectivity index (χ1v) is 24.3. The van der Waals surface area contributed by atoms with Crippen LogP contribution in [0.1, 0.15) is 114 Å². The molecule has 0 saturated heterocycles. The van der Waals surface area contributed by atoms with E-state index in [0.717, 1.165) is 44.6 Å². The molecule has 2 heterocycles. The Morgan fingerprint density at radius 2 is 1.51 bits per heavy atom. The van der Waals surface area contributed by atoms with Gasteiger partial charge in [0.05, 0.1) is 29.0 Å². The molecule has 4 aromatic rings. The number of benzene rings is 4. The fourth-order valence-corrected chi connectivity index (χ4v) is 8.34. The predicted molar refractivity (Wildman–Crippen MR) is 274 cm³/mol. The minimum atomic E-state index is -1.90. The van der Waals surface area contributed by atoms with Gasteiger partial charge >= 0.3 is 11.7 Å². The summed E-state index contributed by atoms with van der Waals surface area (Å²) in [6.07, 6.45) is 8.52. The largest absolute Gasteiger partial charge is 0.490 e. The van der Waals surface area contributed by atoms with Crippen LogP contribution in [0, 0.1) is 26.1 Å². The van der Waals surface area contributed by atoms with Crippen molar-refractivity contribution < 1.29 is 53.1 Å². The molecule has 5 atom stereocenters. The number of rotatable bonds is 24. The zero-order valence-electron chi connectivity index (χ0n) is 41.5. The Kier molecular flexibility index (Phi) is 22.9. The molecule has 20 nitrogen and oxygen atoms in total. The summed E-state index contributed by atoms with van der Waals surface area (Å²) in [5.74, 6) is -5.56. The van der Waals surface area contributed by atoms with Crippen molar-refractivity contribution in [3.05, 3.63) is 122 Å². The number of hydrogen-bond donors (Lipinski definition) is 6. The Bertz CT molecular complexity index is 2530. The second-order valence-corrected chi connectivity index (χ2v) is 18.3. The van der Waals surface area contributed by atoms with Gasteiger partial charge < -0.3 is 46.3 Å². The quantitative estimate of drug-likeness (QED) is 0.0219. The topological polar surface area (TPSA) is 294 Å². The number of nitro groups is 2. The highest BCUT2D eigenvalue weighted by Gasteiger charge is 2.38. The van der Waals surface area contributed by atoms with Crippen molar-refractivity contribution in [3.8, 4) is 28.7 Å². The van der Waals surface area contributed by atoms with Crippen LogP contribution in [0.25, 0.3) is 0 Å². The van der Waals surface area contributed by atoms with Gasteiger partial charge in [0.1, 0.15) is 17.8 Å². The van der Waals surface area contributed by atoms with Crippen LogP contribution < -0.4 is 41.2 Å². The smallest absolute Gasteiger partial charge is 0.328 e. The lowest BCUT2D eigenvalue weighted by molar-refractivity contribution is -0.385. The van der Waals surface area contributed by atoms with E-state index in [0.29, 0.717) is 12.0 Å². The number of halogens is 1. The van der Waals surface area contributed by atoms with Crippen molar-refractivity contribution in [2.24, 2.45) is 11.7 Å². The lowest BCUT2D eigenvalue weighted by atomic mass is 9.96. The van der Waals surface area contributed by atoms with E-state index in [1.807, 2.05) is 13.8 Å². The maximum Gasteiger partial charge on any atom is 0.328 e. The second-order valence-electron chi connectivity index (χ2n) is 18.3. The lowest BCUT2D eigenvalue weighted by Crippen LogP contribution is -2.58. The average Bonchev–Trinajstić information content (AvgIpc) is 3.34. The summed E-state index contributed by atoms with van der Waals surface area (Å²) in [6, 6.07) is 12.5. The molecular formula is C52H66ClN7O13. The van der Waals surface area contributed by atoms with Gasteiger partial charge in [0.15, 0.2) is 17.5 Å². The van der Waals surface area contributed by atoms with Crippen LogP contribution in [-0.2, 0) is 36.8 Å². The number of methoxy groups -OCH3 is 1. The Balaban J connectivity index is 0.0000116. The van der Waals surface area contributed by atoms with E-state index in [-0.39, 0.29) is 89.6 Å². The van der Waals surface area contributed by atoms with Crippen molar-refractivity contribution in [1.82, 2.24) is 21.3 Å². The number of amides is 4. The van der Waals surface area contributed by atoms with Gasteiger partial charge in [-0.15, -0.1) is 12.4 Å². The van der Waals surface area contributed by atoms with Crippen LogP contribution in [0.15, 0.2) is 84.9 Å². The predicted octanol–water partition coefficient (Wildman–Crippen LogP) is 8.31. The van der Waals surface area contributed by atoms with Crippen molar-refractivity contribution in [2.75, 3.05) is 7.11 Å². The molecule has 0 unspecified atom stereocenters. The van der Waals surface area contributed by atoms with E-state index in [1.165, 1.54) is 68.5 Å². The average molecular weight is 1030 g/mol. The molecule has 0 radical (unpaired) electrons. The fraction of sp³-hybridized carbons (Fsp3) is 0.442. The summed E-state index contributed by atoms with van der Waals surface area (Å²) in [6.45, 7) is 5.89. The van der Waals surface area contributed by atoms with E-state index in [2.05, 4.69) is 28.2 Å². The zero-order chi connectivity index (χ0) is 52.3. The van der Waals surface area contributed by atoms with Gasteiger partial charge in [-0.3, -0.25) is 39.4 Å². The van der Waals surface area contributed by atoms with Gasteiger partial charge in [0, 0.05) is 37.5 Å². The Morgan fingerprint density at radius 3 is 2.11 bits per heavy atom. The van der Waals surface area contributed by atoms with Crippen LogP contribution in [0.4, 0.5) is 11.4 Å². The number of nitrogens with zero attached hydrogens (tertiary/aromatic N) is 2. The number of nitro benzene ring substituents is 2. The fourth-order valence-electron chi connectivity index (χ4n) is 8.34. The molecule has 4 aromatic carbocycles. The minimum Gasteiger partial charge on any atom is -0.490 e. The maximum absolute atomic E-state index is 14.9. The van der Waals surface area contributed by atoms with Gasteiger partial charge in [-0.05, 0) is 65.8 Å². The minimum absolute atomic E-state index is 0. The summed E-state index contributed by atoms with van der Waals surface area (Å²) < 4.78 is 18.2. The van der Waals surface area contributed by atoms with Gasteiger partial charge in [-0.25, -0.2) is 4.79 Å². The first-order chi connectivity index (χ1) is 34.5. The number of carbonyl (C=O) groups is 5. The number of carbonyl (C=O) groups excluding carboxylic acids is 4. The van der Waals surface area contributed by atoms with Crippen LogP contribution in [0.2, 0.25) is 0 Å². The summed E-state index contributed by atoms with van der Waals surface area (Å²) in [7, 11) is 1.25. The zero-order valence-corrected chi connectivity index (χ0v) is 42.3. The van der Waals surface area contributed by atoms with Crippen LogP contribution >= 0.6 is 12.4 Å². The monoisotopic (exact) mass is 1030 g/mol. The number of hydrogen-bond acceptors (Lipinski definition) is 13. The number of aliphatic carboxylic acids is 1. The van der Waals surface area contributed by atoms with Gasteiger partial charge in [-0.1, -0.05) is 109 Å². The molecule has 0 aliphatic carbocycles. The van der Waals surface area contributed by atoms with Gasteiger partial charge in [-0.2, -0.15) is 0 Å². The number of carboxylic acids is 1. The lowest BCUT2D eigenvalue weighted by Gasteiger charge is -2.30. The summed E-state index contributed by atoms with van der Waals surface area (Å²) >= 11 is 0. The molecule has 0 fully saturated rings. The molecule has 7 N–H and O–H groups in total. The molecular weight excluding hydrogens is 966 g/mol. The van der Waals surface area contributed by atoms with Crippen molar-refractivity contribution >= 4 is 53.4 Å². The van der Waals surface area contributed by atoms with Crippen LogP contribution in [0.3, 0.4) is 0 Å². The molecule has 2 aliphatic rings. The molecule has 0 aromatic heterocycles. The SMILES string of the molecule is CCCCCCCCCCCC(=O)N[C@@H](C(=O)O)[C@@H]1NC(=O)[C@H](Cc2ccccc2)NC(=O)[C@H](NC(=O)[C@H](N)CC(C)C)Cc2ccc(c([N+](=O)[O-])c2)Oc2cc1cc(Oc1ccc([N+](=O)[O-])cc1)c2OC.Cl. The van der Waals surface area contributed by atoms with E-state index in [9.17, 15) is 49.3 Å². The number of nitrogens with one attached hydrogen (secondary N) is 4. The van der Waals surface area contributed by atoms with E-state index in [4.69, 9.17) is 19.9 Å². The van der Waals surface area contributed by atoms with Crippen molar-refractivity contribution in [1.29, 1.82) is 0 Å². The number of non-ortho nitro benzene ring substituents is 1. The normalized spacial score (nSPS) is 16.4. The van der Waals surface area contributed by atoms with E-state index in [1.54, 1.807) is 30.3 Å². The van der Waals surface area contributed by atoms with Crippen molar-refractivity contribution in [3.63, 3.8) is 0 Å². The first kappa shape index (κ1) is 58.3. The Labute approximate surface area is 430 Å². The molecule has 2 aliphatic heterocycles. The summed E-state index contributed by atoms with van der Waals surface area (Å²) in [5, 5.41) is 46.0. The van der Waals surface area contributed by atoms with E-state index >= 15 is 0 Å². The second kappa shape index (κ2) is 28.7. The third-order valence-electron chi connectivity index (χ3n) is 12.1. The first-order valence-electron chi connectivity index (χ1n) is 24.3. The Hall–Kier alpha value is -7.32. The van der Waals surface area contributed by atoms with Gasteiger partial charge in [0.2, 0.25) is 35.1 Å². The standard InChI is InChI=1S/C52H65N7O13.ClH/c1-5-6-7-8-9-10-11-12-16-19-45(60)56-47(52(64)65)46-35-30-43(71-37-23-21-36(22-24-37)58(66)67)48(70-4)44(31-35)72-42-25-20-34(29-41(42)59(68)69)28-40(54-49(61)38(53)26-32(2)3)50(62)55-39(51(63)57-46)27-33-17-14-13-15-18-33;/h13-15,17-18,20-25,29-32,38-40,46-47H,5-12,16,19,26-28,53H2,1-4H3,(H,54,61)(H,55,62)(H,56,60)(H,57,63)(H,64,65);1H/t38-,39+,40-,46-,47-;/m1./s1. The molecule has 394 valence electrons. The highest BCUT2D eigenvalue weighted by atomic mass is 35.5. The number of fused-ring (bicyclic) bond motifs is 9. The number of unbranched alkanes of at least 4 members (excludes halogenated alkanes) is 8. The summed E-state index contributed by atoms with van der Waals surface area (Å²) in [4.78, 5) is 93.1.